The molecule has 5 rings (SSSR count). The number of carbonyl (C=O) groups excluding carboxylic acids is 2. The molecule has 2 aliphatic rings. The Balaban J connectivity index is 1.20. The summed E-state index contributed by atoms with van der Waals surface area (Å²) in [5.41, 5.74) is 3.13. The first-order valence-electron chi connectivity index (χ1n) is 12.9. The van der Waals surface area contributed by atoms with Crippen molar-refractivity contribution in [3.05, 3.63) is 89.5 Å². The van der Waals surface area contributed by atoms with Crippen molar-refractivity contribution in [1.82, 2.24) is 9.80 Å². The maximum Gasteiger partial charge on any atom is 0.253 e. The van der Waals surface area contributed by atoms with Crippen LogP contribution in [0.15, 0.2) is 78.4 Å². The van der Waals surface area contributed by atoms with Crippen LogP contribution in [0.3, 0.4) is 0 Å². The summed E-state index contributed by atoms with van der Waals surface area (Å²) in [5.74, 6) is 1.07. The molecule has 3 aromatic carbocycles. The summed E-state index contributed by atoms with van der Waals surface area (Å²) in [4.78, 5) is 30.3. The van der Waals surface area contributed by atoms with Crippen molar-refractivity contribution in [3.63, 3.8) is 0 Å². The normalized spacial score (nSPS) is 16.9. The number of rotatable bonds is 7. The van der Waals surface area contributed by atoms with Crippen LogP contribution >= 0.6 is 0 Å². The molecule has 1 aliphatic carbocycles. The van der Waals surface area contributed by atoms with Gasteiger partial charge in [0.1, 0.15) is 0 Å². The minimum atomic E-state index is 0.113. The summed E-state index contributed by atoms with van der Waals surface area (Å²) in [7, 11) is 0. The molecule has 0 bridgehead atoms. The van der Waals surface area contributed by atoms with Crippen molar-refractivity contribution in [2.45, 2.75) is 32.6 Å². The third kappa shape index (κ3) is 5.82. The largest absolute Gasteiger partial charge is 0.339 e. The second kappa shape index (κ2) is 10.5. The Kier molecular flexibility index (Phi) is 6.98. The fourth-order valence-corrected chi connectivity index (χ4v) is 5.14. The van der Waals surface area contributed by atoms with E-state index in [0.29, 0.717) is 18.4 Å². The van der Waals surface area contributed by atoms with Gasteiger partial charge in [0.25, 0.3) is 5.91 Å². The van der Waals surface area contributed by atoms with Crippen molar-refractivity contribution in [2.24, 2.45) is 11.8 Å². The van der Waals surface area contributed by atoms with Crippen molar-refractivity contribution in [3.8, 4) is 0 Å². The molecule has 0 atom stereocenters. The van der Waals surface area contributed by atoms with Gasteiger partial charge in [-0.15, -0.1) is 0 Å². The number of likely N-dealkylation sites (tertiary alicyclic amines) is 1. The predicted octanol–water partition coefficient (Wildman–Crippen LogP) is 6.03. The average Bonchev–Trinajstić information content (AvgIpc) is 3.74. The molecule has 3 aromatic rings. The summed E-state index contributed by atoms with van der Waals surface area (Å²) >= 11 is 0. The maximum atomic E-state index is 13.2. The van der Waals surface area contributed by atoms with Crippen LogP contribution in [-0.2, 0) is 4.79 Å². The molecule has 0 radical (unpaired) electrons. The van der Waals surface area contributed by atoms with Gasteiger partial charge in [-0.25, -0.2) is 0 Å². The summed E-state index contributed by atoms with van der Waals surface area (Å²) in [6, 6.07) is 24.4. The molecule has 4 heteroatoms. The Morgan fingerprint density at radius 3 is 2.29 bits per heavy atom. The van der Waals surface area contributed by atoms with E-state index >= 15 is 0 Å². The van der Waals surface area contributed by atoms with Gasteiger partial charge in [0, 0.05) is 37.7 Å². The zero-order valence-electron chi connectivity index (χ0n) is 20.5. The van der Waals surface area contributed by atoms with Gasteiger partial charge >= 0.3 is 0 Å². The Morgan fingerprint density at radius 2 is 1.57 bits per heavy atom. The molecule has 0 N–H and O–H groups in total. The number of carbonyl (C=O) groups is 2. The number of benzene rings is 3. The lowest BCUT2D eigenvalue weighted by atomic mass is 9.95. The molecule has 1 saturated heterocycles. The molecule has 2 amide bonds. The molecule has 4 nitrogen and oxygen atoms in total. The first-order valence-corrected chi connectivity index (χ1v) is 12.9. The number of hydrogen-bond donors (Lipinski definition) is 0. The monoisotopic (exact) mass is 466 g/mol. The quantitative estimate of drug-likeness (QED) is 0.426. The van der Waals surface area contributed by atoms with Gasteiger partial charge in [-0.3, -0.25) is 9.59 Å². The van der Waals surface area contributed by atoms with Crippen LogP contribution in [0.25, 0.3) is 16.8 Å². The third-order valence-corrected chi connectivity index (χ3v) is 7.27. The van der Waals surface area contributed by atoms with Crippen LogP contribution in [0.2, 0.25) is 0 Å². The van der Waals surface area contributed by atoms with Gasteiger partial charge in [-0.05, 0) is 67.0 Å². The third-order valence-electron chi connectivity index (χ3n) is 7.27. The maximum absolute atomic E-state index is 13.2. The Bertz CT molecular complexity index is 1220. The first-order chi connectivity index (χ1) is 17.1. The lowest BCUT2D eigenvalue weighted by molar-refractivity contribution is -0.133. The molecule has 35 heavy (non-hydrogen) atoms. The van der Waals surface area contributed by atoms with E-state index in [2.05, 4.69) is 42.2 Å². The lowest BCUT2D eigenvalue weighted by Gasteiger charge is -2.35. The van der Waals surface area contributed by atoms with Crippen LogP contribution in [0.1, 0.15) is 48.5 Å². The summed E-state index contributed by atoms with van der Waals surface area (Å²) < 4.78 is 0. The standard InChI is InChI=1S/C31H34N2O2/c1-23(19-24-7-3-2-4-8-24)21-33(30(34)27-12-13-27)22-25-15-17-32(18-16-25)31(35)29-14-11-26-9-5-6-10-28(26)20-29/h2-11,14,19-20,25,27H,12-13,15-18,21-22H2,1H3/b23-19+. The van der Waals surface area contributed by atoms with E-state index in [1.54, 1.807) is 0 Å². The highest BCUT2D eigenvalue weighted by atomic mass is 16.2. The van der Waals surface area contributed by atoms with Gasteiger partial charge in [-0.2, -0.15) is 0 Å². The Hall–Kier alpha value is -3.40. The highest BCUT2D eigenvalue weighted by Crippen LogP contribution is 2.32. The smallest absolute Gasteiger partial charge is 0.253 e. The molecule has 2 fully saturated rings. The van der Waals surface area contributed by atoms with Crippen LogP contribution in [-0.4, -0.2) is 47.8 Å². The number of fused-ring (bicyclic) bond motifs is 1. The number of amides is 2. The highest BCUT2D eigenvalue weighted by Gasteiger charge is 2.35. The predicted molar refractivity (Wildman–Crippen MR) is 142 cm³/mol. The van der Waals surface area contributed by atoms with Gasteiger partial charge < -0.3 is 9.80 Å². The highest BCUT2D eigenvalue weighted by molar-refractivity contribution is 5.98. The number of nitrogens with zero attached hydrogens (tertiary/aromatic N) is 2. The molecule has 1 aliphatic heterocycles. The topological polar surface area (TPSA) is 40.6 Å². The van der Waals surface area contributed by atoms with Crippen molar-refractivity contribution < 1.29 is 9.59 Å². The molecular formula is C31H34N2O2. The fraction of sp³-hybridized carbons (Fsp3) is 0.355. The summed E-state index contributed by atoms with van der Waals surface area (Å²) in [6.45, 7) is 5.08. The van der Waals surface area contributed by atoms with Gasteiger partial charge in [-0.1, -0.05) is 72.3 Å². The minimum absolute atomic E-state index is 0.113. The lowest BCUT2D eigenvalue weighted by Crippen LogP contribution is -2.43. The van der Waals surface area contributed by atoms with Crippen LogP contribution in [0, 0.1) is 11.8 Å². The van der Waals surface area contributed by atoms with E-state index in [1.807, 2.05) is 53.4 Å². The number of piperidine rings is 1. The van der Waals surface area contributed by atoms with E-state index in [1.165, 1.54) is 11.1 Å². The zero-order chi connectivity index (χ0) is 24.2. The fourth-order valence-electron chi connectivity index (χ4n) is 5.14. The summed E-state index contributed by atoms with van der Waals surface area (Å²) in [5, 5.41) is 2.25. The van der Waals surface area contributed by atoms with Gasteiger partial charge in [0.05, 0.1) is 0 Å². The van der Waals surface area contributed by atoms with Crippen LogP contribution in [0.5, 0.6) is 0 Å². The van der Waals surface area contributed by atoms with Crippen molar-refractivity contribution in [2.75, 3.05) is 26.2 Å². The Labute approximate surface area is 208 Å². The molecule has 0 spiro atoms. The van der Waals surface area contributed by atoms with E-state index in [4.69, 9.17) is 0 Å². The summed E-state index contributed by atoms with van der Waals surface area (Å²) in [6.07, 6.45) is 6.10. The zero-order valence-corrected chi connectivity index (χ0v) is 20.5. The average molecular weight is 467 g/mol. The van der Waals surface area contributed by atoms with Crippen LogP contribution in [0.4, 0.5) is 0 Å². The van der Waals surface area contributed by atoms with Crippen molar-refractivity contribution >= 4 is 28.7 Å². The minimum Gasteiger partial charge on any atom is -0.339 e. The molecule has 1 saturated carbocycles. The molecule has 0 aromatic heterocycles. The van der Waals surface area contributed by atoms with Crippen molar-refractivity contribution in [1.29, 1.82) is 0 Å². The van der Waals surface area contributed by atoms with E-state index in [0.717, 1.165) is 61.7 Å². The first kappa shape index (κ1) is 23.3. The molecular weight excluding hydrogens is 432 g/mol. The second-order valence-corrected chi connectivity index (χ2v) is 10.2. The van der Waals surface area contributed by atoms with E-state index in [-0.39, 0.29) is 11.8 Å². The van der Waals surface area contributed by atoms with Gasteiger partial charge in [0.15, 0.2) is 0 Å². The van der Waals surface area contributed by atoms with E-state index < -0.39 is 0 Å². The van der Waals surface area contributed by atoms with E-state index in [9.17, 15) is 9.59 Å². The van der Waals surface area contributed by atoms with Crippen LogP contribution < -0.4 is 0 Å². The second-order valence-electron chi connectivity index (χ2n) is 10.2. The Morgan fingerprint density at radius 1 is 0.886 bits per heavy atom. The SMILES string of the molecule is C/C(=C\c1ccccc1)CN(CC1CCN(C(=O)c2ccc3ccccc3c2)CC1)C(=O)C1CC1. The number of hydrogen-bond acceptors (Lipinski definition) is 2. The molecule has 0 unspecified atom stereocenters. The van der Waals surface area contributed by atoms with Gasteiger partial charge in [0.2, 0.25) is 5.91 Å². The molecule has 1 heterocycles. The molecule has 180 valence electrons.